The zero-order valence-electron chi connectivity index (χ0n) is 4.86. The van der Waals surface area contributed by atoms with Gasteiger partial charge in [-0.15, -0.1) is 34.8 Å². The van der Waals surface area contributed by atoms with Crippen LogP contribution in [-0.4, -0.2) is 28.3 Å². The highest BCUT2D eigenvalue weighted by atomic mass is 35.5. The van der Waals surface area contributed by atoms with Gasteiger partial charge in [0.05, 0.1) is 6.10 Å². The van der Waals surface area contributed by atoms with E-state index in [2.05, 4.69) is 0 Å². The van der Waals surface area contributed by atoms with E-state index in [0.29, 0.717) is 12.3 Å². The Labute approximate surface area is 69.9 Å². The lowest BCUT2D eigenvalue weighted by Crippen LogP contribution is -2.15. The van der Waals surface area contributed by atoms with Crippen molar-refractivity contribution in [3.05, 3.63) is 0 Å². The first-order chi connectivity index (χ1) is 4.20. The van der Waals surface area contributed by atoms with Crippen LogP contribution in [0.4, 0.5) is 0 Å². The lowest BCUT2D eigenvalue weighted by atomic mass is 10.2. The van der Waals surface area contributed by atoms with Crippen molar-refractivity contribution < 1.29 is 5.11 Å². The molecule has 0 heterocycles. The Kier molecular flexibility index (Phi) is 6.12. The molecule has 0 aliphatic heterocycles. The predicted molar refractivity (Wildman–Crippen MR) is 41.7 cm³/mol. The fraction of sp³-hybridized carbons (Fsp3) is 1.00. The van der Waals surface area contributed by atoms with Crippen LogP contribution < -0.4 is 0 Å². The number of alkyl halides is 3. The number of halogens is 3. The first-order valence-electron chi connectivity index (χ1n) is 2.64. The second kappa shape index (κ2) is 5.60. The van der Waals surface area contributed by atoms with Gasteiger partial charge >= 0.3 is 0 Å². The third-order valence-electron chi connectivity index (χ3n) is 0.873. The maximum Gasteiger partial charge on any atom is 0.0690 e. The van der Waals surface area contributed by atoms with E-state index in [1.54, 1.807) is 0 Å². The highest BCUT2D eigenvalue weighted by molar-refractivity contribution is 6.28. The van der Waals surface area contributed by atoms with Gasteiger partial charge in [-0.1, -0.05) is 0 Å². The van der Waals surface area contributed by atoms with Gasteiger partial charge in [0.1, 0.15) is 0 Å². The zero-order chi connectivity index (χ0) is 7.28. The summed E-state index contributed by atoms with van der Waals surface area (Å²) in [4.78, 5) is 0. The predicted octanol–water partition coefficient (Wildman–Crippen LogP) is 1.82. The molecule has 9 heavy (non-hydrogen) atoms. The molecule has 0 fully saturated rings. The van der Waals surface area contributed by atoms with Crippen LogP contribution in [0.2, 0.25) is 0 Å². The Hall–Kier alpha value is 0.830. The van der Waals surface area contributed by atoms with Crippen molar-refractivity contribution in [1.29, 1.82) is 0 Å². The summed E-state index contributed by atoms with van der Waals surface area (Å²) in [5.74, 6) is 0.579. The molecule has 2 atom stereocenters. The fourth-order valence-electron chi connectivity index (χ4n) is 0.421. The summed E-state index contributed by atoms with van der Waals surface area (Å²) in [6.45, 7) is 0. The molecule has 0 aliphatic carbocycles. The lowest BCUT2D eigenvalue weighted by Gasteiger charge is -2.08. The van der Waals surface area contributed by atoms with E-state index < -0.39 is 6.10 Å². The van der Waals surface area contributed by atoms with E-state index in [1.165, 1.54) is 0 Å². The maximum atomic E-state index is 8.88. The average molecular weight is 191 g/mol. The molecule has 1 nitrogen and oxygen atoms in total. The molecule has 56 valence electrons. The van der Waals surface area contributed by atoms with Gasteiger partial charge in [0, 0.05) is 17.1 Å². The maximum absolute atomic E-state index is 8.88. The average Bonchev–Trinajstić information content (AvgIpc) is 1.87. The highest BCUT2D eigenvalue weighted by Crippen LogP contribution is 2.08. The van der Waals surface area contributed by atoms with E-state index in [0.717, 1.165) is 0 Å². The van der Waals surface area contributed by atoms with E-state index >= 15 is 0 Å². The molecule has 0 amide bonds. The molecule has 0 aliphatic rings. The molecule has 2 unspecified atom stereocenters. The smallest absolute Gasteiger partial charge is 0.0690 e. The van der Waals surface area contributed by atoms with Crippen molar-refractivity contribution in [2.45, 2.75) is 17.9 Å². The standard InChI is InChI=1S/C5H9Cl3O/c6-2-4(8)1-5(9)3-7/h4-5,9H,1-3H2. The third kappa shape index (κ3) is 5.28. The minimum absolute atomic E-state index is 0.166. The summed E-state index contributed by atoms with van der Waals surface area (Å²) in [6, 6.07) is 0. The topological polar surface area (TPSA) is 20.2 Å². The second-order valence-corrected chi connectivity index (χ2v) is 3.03. The van der Waals surface area contributed by atoms with Gasteiger partial charge in [-0.2, -0.15) is 0 Å². The number of hydrogen-bond acceptors (Lipinski definition) is 1. The molecule has 0 saturated heterocycles. The SMILES string of the molecule is OC(CCl)CC(Cl)CCl. The highest BCUT2D eigenvalue weighted by Gasteiger charge is 2.08. The van der Waals surface area contributed by atoms with E-state index in [4.69, 9.17) is 39.9 Å². The third-order valence-corrected chi connectivity index (χ3v) is 2.09. The normalized spacial score (nSPS) is 17.3. The van der Waals surface area contributed by atoms with Crippen LogP contribution in [0.25, 0.3) is 0 Å². The van der Waals surface area contributed by atoms with Crippen molar-refractivity contribution >= 4 is 34.8 Å². The summed E-state index contributed by atoms with van der Waals surface area (Å²) in [6.07, 6.45) is -0.0536. The largest absolute Gasteiger partial charge is 0.392 e. The Morgan fingerprint density at radius 2 is 1.78 bits per heavy atom. The van der Waals surface area contributed by atoms with Gasteiger partial charge in [0.2, 0.25) is 0 Å². The van der Waals surface area contributed by atoms with Crippen LogP contribution in [-0.2, 0) is 0 Å². The van der Waals surface area contributed by atoms with Crippen molar-refractivity contribution in [3.63, 3.8) is 0 Å². The Morgan fingerprint density at radius 1 is 1.22 bits per heavy atom. The monoisotopic (exact) mass is 190 g/mol. The van der Waals surface area contributed by atoms with Crippen molar-refractivity contribution in [2.75, 3.05) is 11.8 Å². The molecular weight excluding hydrogens is 182 g/mol. The van der Waals surface area contributed by atoms with Gasteiger partial charge in [-0.25, -0.2) is 0 Å². The van der Waals surface area contributed by atoms with Crippen LogP contribution >= 0.6 is 34.8 Å². The summed E-state index contributed by atoms with van der Waals surface area (Å²) >= 11 is 16.3. The first kappa shape index (κ1) is 9.83. The van der Waals surface area contributed by atoms with Gasteiger partial charge in [-0.3, -0.25) is 0 Å². The van der Waals surface area contributed by atoms with Crippen LogP contribution in [0.15, 0.2) is 0 Å². The molecule has 0 spiro atoms. The molecular formula is C5H9Cl3O. The second-order valence-electron chi connectivity index (χ2n) is 1.80. The van der Waals surface area contributed by atoms with E-state index in [1.807, 2.05) is 0 Å². The summed E-state index contributed by atoms with van der Waals surface area (Å²) in [5, 5.41) is 8.72. The molecule has 0 aromatic rings. The number of aliphatic hydroxyl groups is 1. The van der Waals surface area contributed by atoms with Gasteiger partial charge in [-0.05, 0) is 6.42 Å². The first-order valence-corrected chi connectivity index (χ1v) is 4.15. The zero-order valence-corrected chi connectivity index (χ0v) is 7.12. The molecule has 0 aromatic carbocycles. The molecule has 0 saturated carbocycles. The minimum atomic E-state index is -0.520. The van der Waals surface area contributed by atoms with Gasteiger partial charge in [0.15, 0.2) is 0 Å². The number of hydrogen-bond donors (Lipinski definition) is 1. The van der Waals surface area contributed by atoms with E-state index in [-0.39, 0.29) is 11.3 Å². The Balaban J connectivity index is 3.22. The minimum Gasteiger partial charge on any atom is -0.392 e. The lowest BCUT2D eigenvalue weighted by molar-refractivity contribution is 0.188. The Morgan fingerprint density at radius 3 is 2.11 bits per heavy atom. The van der Waals surface area contributed by atoms with Crippen LogP contribution in [0.5, 0.6) is 0 Å². The van der Waals surface area contributed by atoms with Gasteiger partial charge < -0.3 is 5.11 Å². The van der Waals surface area contributed by atoms with Crippen LogP contribution in [0, 0.1) is 0 Å². The molecule has 0 radical (unpaired) electrons. The molecule has 0 rings (SSSR count). The number of aliphatic hydroxyl groups excluding tert-OH is 1. The fourth-order valence-corrected chi connectivity index (χ4v) is 0.879. The number of rotatable bonds is 4. The Bertz CT molecular complexity index is 61.2. The quantitative estimate of drug-likeness (QED) is 0.672. The summed E-state index contributed by atoms with van der Waals surface area (Å²) in [7, 11) is 0. The van der Waals surface area contributed by atoms with Crippen molar-refractivity contribution in [2.24, 2.45) is 0 Å². The molecule has 0 bridgehead atoms. The van der Waals surface area contributed by atoms with E-state index in [9.17, 15) is 0 Å². The summed E-state index contributed by atoms with van der Waals surface area (Å²) in [5.41, 5.74) is 0. The molecule has 4 heteroatoms. The van der Waals surface area contributed by atoms with Crippen LogP contribution in [0.1, 0.15) is 6.42 Å². The van der Waals surface area contributed by atoms with Crippen molar-refractivity contribution in [3.8, 4) is 0 Å². The molecule has 1 N–H and O–H groups in total. The van der Waals surface area contributed by atoms with Gasteiger partial charge in [0.25, 0.3) is 0 Å². The molecule has 0 aromatic heterocycles. The van der Waals surface area contributed by atoms with Crippen LogP contribution in [0.3, 0.4) is 0 Å². The van der Waals surface area contributed by atoms with Crippen molar-refractivity contribution in [1.82, 2.24) is 0 Å². The summed E-state index contributed by atoms with van der Waals surface area (Å²) < 4.78 is 0.